The summed E-state index contributed by atoms with van der Waals surface area (Å²) >= 11 is 0. The van der Waals surface area contributed by atoms with Gasteiger partial charge in [0.05, 0.1) is 35.0 Å². The second-order valence-electron chi connectivity index (χ2n) is 8.95. The standard InChI is InChI=1S/C24H24F3N5O3/c1-11-7-12(8-19(33)24(11,2)35)13-5-6-29-10-18(13)31-23(34)21-16(28)3-4-17(30-21)20-14(25)9-15(26)22(27)32-20/h3-6,9-12,19,33,35H,7-8,28H2,1-2H3,(H,31,34). The van der Waals surface area contributed by atoms with E-state index < -0.39 is 40.9 Å². The molecular weight excluding hydrogens is 463 g/mol. The number of aromatic nitrogens is 3. The van der Waals surface area contributed by atoms with Gasteiger partial charge in [0.15, 0.2) is 17.3 Å². The highest BCUT2D eigenvalue weighted by atomic mass is 19.2. The van der Waals surface area contributed by atoms with E-state index in [1.165, 1.54) is 18.3 Å². The summed E-state index contributed by atoms with van der Waals surface area (Å²) < 4.78 is 41.0. The summed E-state index contributed by atoms with van der Waals surface area (Å²) in [5.41, 5.74) is 4.66. The van der Waals surface area contributed by atoms with Crippen LogP contribution in [0.3, 0.4) is 0 Å². The third-order valence-corrected chi connectivity index (χ3v) is 6.63. The molecule has 1 amide bonds. The van der Waals surface area contributed by atoms with Gasteiger partial charge in [-0.25, -0.2) is 18.7 Å². The minimum Gasteiger partial charge on any atom is -0.397 e. The maximum absolute atomic E-state index is 14.2. The van der Waals surface area contributed by atoms with Gasteiger partial charge in [-0.2, -0.15) is 4.39 Å². The molecular formula is C24H24F3N5O3. The quantitative estimate of drug-likeness (QED) is 0.414. The molecule has 0 radical (unpaired) electrons. The number of halogens is 3. The zero-order valence-corrected chi connectivity index (χ0v) is 19.0. The molecule has 1 aliphatic carbocycles. The molecule has 4 rings (SSSR count). The van der Waals surface area contributed by atoms with Crippen LogP contribution >= 0.6 is 0 Å². The largest absolute Gasteiger partial charge is 0.397 e. The first kappa shape index (κ1) is 24.6. The minimum absolute atomic E-state index is 0.0301. The first-order valence-corrected chi connectivity index (χ1v) is 10.9. The van der Waals surface area contributed by atoms with Crippen molar-refractivity contribution in [1.29, 1.82) is 0 Å². The Morgan fingerprint density at radius 3 is 2.63 bits per heavy atom. The summed E-state index contributed by atoms with van der Waals surface area (Å²) in [5, 5.41) is 23.7. The number of aliphatic hydroxyl groups is 2. The maximum Gasteiger partial charge on any atom is 0.276 e. The van der Waals surface area contributed by atoms with Crippen molar-refractivity contribution in [3.8, 4) is 11.4 Å². The Kier molecular flexibility index (Phi) is 6.48. The Labute approximate surface area is 199 Å². The number of nitrogens with two attached hydrogens (primary N) is 1. The number of nitrogens with one attached hydrogen (secondary N) is 1. The molecule has 5 N–H and O–H groups in total. The molecule has 8 nitrogen and oxygen atoms in total. The van der Waals surface area contributed by atoms with Crippen molar-refractivity contribution in [1.82, 2.24) is 15.0 Å². The van der Waals surface area contributed by atoms with E-state index in [2.05, 4.69) is 20.3 Å². The highest BCUT2D eigenvalue weighted by Gasteiger charge is 2.43. The first-order valence-electron chi connectivity index (χ1n) is 10.9. The number of aliphatic hydroxyl groups excluding tert-OH is 1. The molecule has 35 heavy (non-hydrogen) atoms. The molecule has 1 fully saturated rings. The molecule has 3 aromatic heterocycles. The van der Waals surface area contributed by atoms with Crippen LogP contribution in [0.5, 0.6) is 0 Å². The van der Waals surface area contributed by atoms with Crippen molar-refractivity contribution < 1.29 is 28.2 Å². The lowest BCUT2D eigenvalue weighted by Gasteiger charge is -2.43. The van der Waals surface area contributed by atoms with Gasteiger partial charge in [0.2, 0.25) is 5.95 Å². The van der Waals surface area contributed by atoms with Crippen LogP contribution in [0.4, 0.5) is 24.5 Å². The van der Waals surface area contributed by atoms with Crippen molar-refractivity contribution in [2.24, 2.45) is 5.92 Å². The third-order valence-electron chi connectivity index (χ3n) is 6.63. The summed E-state index contributed by atoms with van der Waals surface area (Å²) in [6.07, 6.45) is 2.88. The van der Waals surface area contributed by atoms with Crippen LogP contribution in [0.25, 0.3) is 11.4 Å². The normalized spacial score (nSPS) is 24.3. The van der Waals surface area contributed by atoms with Gasteiger partial charge < -0.3 is 21.3 Å². The molecule has 1 saturated carbocycles. The lowest BCUT2D eigenvalue weighted by Crippen LogP contribution is -2.49. The monoisotopic (exact) mass is 487 g/mol. The highest BCUT2D eigenvalue weighted by molar-refractivity contribution is 6.06. The number of hydrogen-bond acceptors (Lipinski definition) is 7. The highest BCUT2D eigenvalue weighted by Crippen LogP contribution is 2.43. The number of carbonyl (C=O) groups excluding carboxylic acids is 1. The van der Waals surface area contributed by atoms with E-state index in [1.54, 1.807) is 19.2 Å². The number of nitrogen functional groups attached to an aromatic ring is 1. The number of amides is 1. The van der Waals surface area contributed by atoms with E-state index in [-0.39, 0.29) is 35.3 Å². The molecule has 1 aliphatic rings. The molecule has 3 heterocycles. The zero-order chi connectivity index (χ0) is 25.5. The van der Waals surface area contributed by atoms with Crippen molar-refractivity contribution >= 4 is 17.3 Å². The second kappa shape index (κ2) is 9.23. The van der Waals surface area contributed by atoms with Crippen molar-refractivity contribution in [2.75, 3.05) is 11.1 Å². The predicted octanol–water partition coefficient (Wildman–Crippen LogP) is 3.42. The Morgan fingerprint density at radius 2 is 1.91 bits per heavy atom. The summed E-state index contributed by atoms with van der Waals surface area (Å²) in [5.74, 6) is -5.22. The Bertz CT molecular complexity index is 1270. The fourth-order valence-corrected chi connectivity index (χ4v) is 4.31. The molecule has 0 spiro atoms. The van der Waals surface area contributed by atoms with Crippen LogP contribution in [-0.2, 0) is 0 Å². The molecule has 0 aromatic carbocycles. The molecule has 4 atom stereocenters. The third kappa shape index (κ3) is 4.69. The number of nitrogens with zero attached hydrogens (tertiary/aromatic N) is 3. The van der Waals surface area contributed by atoms with Gasteiger partial charge in [-0.1, -0.05) is 6.92 Å². The Balaban J connectivity index is 1.64. The SMILES string of the molecule is CC1CC(c2ccncc2NC(=O)c2nc(-c3nc(F)c(F)cc3F)ccc2N)CC(O)C1(C)O. The zero-order valence-electron chi connectivity index (χ0n) is 19.0. The van der Waals surface area contributed by atoms with Crippen LogP contribution < -0.4 is 11.1 Å². The Hall–Kier alpha value is -3.57. The molecule has 4 unspecified atom stereocenters. The van der Waals surface area contributed by atoms with E-state index in [0.29, 0.717) is 23.7 Å². The molecule has 0 bridgehead atoms. The lowest BCUT2D eigenvalue weighted by molar-refractivity contribution is -0.123. The molecule has 11 heteroatoms. The minimum atomic E-state index is -1.51. The van der Waals surface area contributed by atoms with Crippen LogP contribution in [0.15, 0.2) is 36.7 Å². The fourth-order valence-electron chi connectivity index (χ4n) is 4.31. The average molecular weight is 487 g/mol. The fraction of sp³-hybridized carbons (Fsp3) is 0.333. The van der Waals surface area contributed by atoms with Crippen molar-refractivity contribution in [2.45, 2.75) is 44.3 Å². The lowest BCUT2D eigenvalue weighted by atomic mass is 9.69. The summed E-state index contributed by atoms with van der Waals surface area (Å²) in [6.45, 7) is 3.44. The van der Waals surface area contributed by atoms with Crippen LogP contribution in [0.2, 0.25) is 0 Å². The smallest absolute Gasteiger partial charge is 0.276 e. The number of anilines is 2. The number of pyridine rings is 3. The van der Waals surface area contributed by atoms with Crippen LogP contribution in [0.1, 0.15) is 48.7 Å². The van der Waals surface area contributed by atoms with Gasteiger partial charge in [0.1, 0.15) is 5.69 Å². The van der Waals surface area contributed by atoms with E-state index in [4.69, 9.17) is 5.73 Å². The van der Waals surface area contributed by atoms with Crippen LogP contribution in [0, 0.1) is 23.5 Å². The van der Waals surface area contributed by atoms with Crippen molar-refractivity contribution in [3.63, 3.8) is 0 Å². The van der Waals surface area contributed by atoms with Gasteiger partial charge in [-0.15, -0.1) is 0 Å². The van der Waals surface area contributed by atoms with E-state index >= 15 is 0 Å². The van der Waals surface area contributed by atoms with Gasteiger partial charge in [0.25, 0.3) is 5.91 Å². The first-order chi connectivity index (χ1) is 16.5. The van der Waals surface area contributed by atoms with E-state index in [9.17, 15) is 28.2 Å². The summed E-state index contributed by atoms with van der Waals surface area (Å²) in [4.78, 5) is 24.4. The van der Waals surface area contributed by atoms with Gasteiger partial charge in [-0.05, 0) is 55.4 Å². The average Bonchev–Trinajstić information content (AvgIpc) is 2.80. The molecule has 0 aliphatic heterocycles. The molecule has 184 valence electrons. The molecule has 0 saturated heterocycles. The van der Waals surface area contributed by atoms with E-state index in [1.807, 2.05) is 6.92 Å². The van der Waals surface area contributed by atoms with Crippen LogP contribution in [-0.4, -0.2) is 42.8 Å². The predicted molar refractivity (Wildman–Crippen MR) is 122 cm³/mol. The van der Waals surface area contributed by atoms with Gasteiger partial charge in [0, 0.05) is 12.3 Å². The number of hydrogen-bond donors (Lipinski definition) is 4. The topological polar surface area (TPSA) is 134 Å². The van der Waals surface area contributed by atoms with Crippen molar-refractivity contribution in [3.05, 3.63) is 65.5 Å². The maximum atomic E-state index is 14.2. The number of carbonyl (C=O) groups is 1. The Morgan fingerprint density at radius 1 is 1.17 bits per heavy atom. The van der Waals surface area contributed by atoms with Gasteiger partial charge in [-0.3, -0.25) is 9.78 Å². The van der Waals surface area contributed by atoms with E-state index in [0.717, 1.165) is 0 Å². The van der Waals surface area contributed by atoms with Gasteiger partial charge >= 0.3 is 0 Å². The summed E-state index contributed by atoms with van der Waals surface area (Å²) in [6, 6.07) is 4.58. The molecule has 3 aromatic rings. The number of rotatable bonds is 4. The second-order valence-corrected chi connectivity index (χ2v) is 8.95. The summed E-state index contributed by atoms with van der Waals surface area (Å²) in [7, 11) is 0.